The van der Waals surface area contributed by atoms with Crippen molar-refractivity contribution in [3.63, 3.8) is 0 Å². The average Bonchev–Trinajstić information content (AvgIpc) is 3.60. The van der Waals surface area contributed by atoms with Gasteiger partial charge in [-0.15, -0.1) is 0 Å². The molecule has 0 saturated heterocycles. The van der Waals surface area contributed by atoms with Gasteiger partial charge in [0.25, 0.3) is 0 Å². The van der Waals surface area contributed by atoms with Gasteiger partial charge in [-0.25, -0.2) is 18.6 Å². The molecular weight excluding hydrogens is 476 g/mol. The molecule has 3 aromatic rings. The SMILES string of the molecule is [B]C([B])([B])n1c(=O)nc(N2CCCc3c2ccnc3C#CC2(C(F)(F)F)CC2)c2c(F)c(F)ccc21. The van der Waals surface area contributed by atoms with E-state index in [2.05, 4.69) is 21.8 Å². The molecule has 0 bridgehead atoms. The van der Waals surface area contributed by atoms with Crippen LogP contribution in [0.5, 0.6) is 0 Å². The number of pyridine rings is 1. The summed E-state index contributed by atoms with van der Waals surface area (Å²) < 4.78 is 70.0. The fraction of sp³-hybridized carbons (Fsp3) is 0.348. The van der Waals surface area contributed by atoms with Crippen molar-refractivity contribution in [1.29, 1.82) is 0 Å². The molecule has 1 saturated carbocycles. The second kappa shape index (κ2) is 8.12. The van der Waals surface area contributed by atoms with Gasteiger partial charge in [-0.2, -0.15) is 18.2 Å². The van der Waals surface area contributed by atoms with Gasteiger partial charge >= 0.3 is 11.9 Å². The van der Waals surface area contributed by atoms with Gasteiger partial charge in [-0.1, -0.05) is 11.2 Å². The van der Waals surface area contributed by atoms with Gasteiger partial charge in [-0.05, 0) is 49.8 Å². The number of alkyl halides is 3. The van der Waals surface area contributed by atoms with E-state index >= 15 is 4.39 Å². The van der Waals surface area contributed by atoms with Crippen molar-refractivity contribution in [3.8, 4) is 11.8 Å². The van der Waals surface area contributed by atoms with Gasteiger partial charge in [0.2, 0.25) is 0 Å². The molecule has 0 unspecified atom stereocenters. The zero-order valence-corrected chi connectivity index (χ0v) is 18.7. The van der Waals surface area contributed by atoms with E-state index in [9.17, 15) is 22.4 Å². The van der Waals surface area contributed by atoms with E-state index in [0.717, 1.165) is 12.1 Å². The number of hydrogen-bond acceptors (Lipinski definition) is 4. The van der Waals surface area contributed by atoms with Crippen molar-refractivity contribution in [2.24, 2.45) is 5.41 Å². The fourth-order valence-electron chi connectivity index (χ4n) is 4.44. The lowest BCUT2D eigenvalue weighted by Crippen LogP contribution is -2.44. The largest absolute Gasteiger partial charge is 0.405 e. The Hall–Kier alpha value is -3.29. The highest BCUT2D eigenvalue weighted by molar-refractivity contribution is 6.56. The molecule has 5 rings (SSSR count). The number of anilines is 2. The van der Waals surface area contributed by atoms with E-state index in [-0.39, 0.29) is 41.8 Å². The van der Waals surface area contributed by atoms with E-state index in [0.29, 0.717) is 28.7 Å². The summed E-state index contributed by atoms with van der Waals surface area (Å²) in [5.74, 6) is 2.20. The monoisotopic (exact) mass is 490 g/mol. The summed E-state index contributed by atoms with van der Waals surface area (Å²) in [5, 5.41) is -2.64. The second-order valence-electron chi connectivity index (χ2n) is 8.94. The van der Waals surface area contributed by atoms with E-state index in [1.807, 2.05) is 0 Å². The molecule has 3 heterocycles. The molecule has 36 heavy (non-hydrogen) atoms. The van der Waals surface area contributed by atoms with Crippen molar-refractivity contribution < 1.29 is 22.0 Å². The normalized spacial score (nSPS) is 16.9. The van der Waals surface area contributed by atoms with Crippen LogP contribution in [-0.2, 0) is 11.7 Å². The molecule has 1 aliphatic heterocycles. The standard InChI is InChI=1S/C23H14B3F5N4O/c24-23(25,26)35-16-4-3-13(27)18(28)17(16)19(33-20(35)36)34-11-1-2-12-14(32-10-6-15(12)34)5-7-21(8-9-21)22(29,30)31/h3-4,6,10H,1-2,8-9,11H2. The van der Waals surface area contributed by atoms with Crippen molar-refractivity contribution >= 4 is 45.9 Å². The second-order valence-corrected chi connectivity index (χ2v) is 8.94. The summed E-state index contributed by atoms with van der Waals surface area (Å²) in [6.07, 6.45) is -2.38. The van der Waals surface area contributed by atoms with Crippen LogP contribution in [0, 0.1) is 28.9 Å². The zero-order valence-electron chi connectivity index (χ0n) is 18.7. The van der Waals surface area contributed by atoms with Gasteiger partial charge in [0.1, 0.15) is 11.1 Å². The molecule has 1 fully saturated rings. The Kier molecular flexibility index (Phi) is 5.50. The third kappa shape index (κ3) is 3.87. The molecule has 2 aromatic heterocycles. The number of fused-ring (bicyclic) bond motifs is 2. The number of benzene rings is 1. The van der Waals surface area contributed by atoms with Crippen molar-refractivity contribution in [2.45, 2.75) is 37.1 Å². The van der Waals surface area contributed by atoms with Crippen LogP contribution in [0.2, 0.25) is 0 Å². The lowest BCUT2D eigenvalue weighted by Gasteiger charge is -2.33. The number of hydrogen-bond donors (Lipinski definition) is 0. The maximum Gasteiger partial charge on any atom is 0.405 e. The molecule has 0 spiro atoms. The first-order valence-electron chi connectivity index (χ1n) is 11.0. The predicted molar refractivity (Wildman–Crippen MR) is 125 cm³/mol. The Morgan fingerprint density at radius 3 is 2.44 bits per heavy atom. The first-order valence-corrected chi connectivity index (χ1v) is 11.0. The van der Waals surface area contributed by atoms with Crippen LogP contribution in [0.25, 0.3) is 10.9 Å². The third-order valence-corrected chi connectivity index (χ3v) is 6.42. The van der Waals surface area contributed by atoms with Crippen molar-refractivity contribution in [1.82, 2.24) is 14.5 Å². The molecule has 1 aliphatic carbocycles. The Labute approximate surface area is 206 Å². The lowest BCUT2D eigenvalue weighted by atomic mass is 9.49. The van der Waals surface area contributed by atoms with Crippen molar-refractivity contribution in [2.75, 3.05) is 11.4 Å². The number of nitrogens with zero attached hydrogens (tertiary/aromatic N) is 4. The fourth-order valence-corrected chi connectivity index (χ4v) is 4.44. The highest BCUT2D eigenvalue weighted by Gasteiger charge is 2.62. The van der Waals surface area contributed by atoms with Gasteiger partial charge in [0, 0.05) is 24.0 Å². The van der Waals surface area contributed by atoms with Crippen LogP contribution in [0.3, 0.4) is 0 Å². The van der Waals surface area contributed by atoms with E-state index in [1.165, 1.54) is 11.1 Å². The van der Waals surface area contributed by atoms with Crippen LogP contribution in [-0.4, -0.2) is 50.8 Å². The number of aromatic nitrogens is 3. The predicted octanol–water partition coefficient (Wildman–Crippen LogP) is 2.92. The molecular formula is C23H14B3F5N4O. The molecule has 0 amide bonds. The molecule has 5 nitrogen and oxygen atoms in total. The minimum atomic E-state index is -4.44. The molecule has 1 aromatic carbocycles. The van der Waals surface area contributed by atoms with Crippen LogP contribution in [0.1, 0.15) is 30.5 Å². The average molecular weight is 490 g/mol. The van der Waals surface area contributed by atoms with Crippen LogP contribution in [0.15, 0.2) is 29.2 Å². The van der Waals surface area contributed by atoms with Crippen LogP contribution < -0.4 is 10.6 Å². The molecule has 0 N–H and O–H groups in total. The Balaban J connectivity index is 1.70. The maximum absolute atomic E-state index is 15.1. The summed E-state index contributed by atoms with van der Waals surface area (Å²) in [7, 11) is 17.1. The molecule has 0 atom stereocenters. The van der Waals surface area contributed by atoms with Gasteiger partial charge in [0.05, 0.1) is 34.4 Å². The Morgan fingerprint density at radius 1 is 1.08 bits per heavy atom. The third-order valence-electron chi connectivity index (χ3n) is 6.42. The van der Waals surface area contributed by atoms with E-state index < -0.39 is 34.2 Å². The van der Waals surface area contributed by atoms with Crippen LogP contribution >= 0.6 is 0 Å². The minimum absolute atomic E-state index is 0.0768. The van der Waals surface area contributed by atoms with Crippen molar-refractivity contribution in [3.05, 3.63) is 57.8 Å². The summed E-state index contributed by atoms with van der Waals surface area (Å²) in [6, 6.07) is 3.47. The van der Waals surface area contributed by atoms with E-state index in [1.54, 1.807) is 6.07 Å². The molecule has 6 radical (unpaired) electrons. The summed E-state index contributed by atoms with van der Waals surface area (Å²) in [4.78, 5) is 22.4. The molecule has 2 aliphatic rings. The maximum atomic E-state index is 15.1. The van der Waals surface area contributed by atoms with Gasteiger partial charge < -0.3 is 9.47 Å². The topological polar surface area (TPSA) is 51.0 Å². The number of halogens is 5. The minimum Gasteiger partial charge on any atom is -0.325 e. The van der Waals surface area contributed by atoms with Gasteiger partial charge in [-0.3, -0.25) is 0 Å². The smallest absolute Gasteiger partial charge is 0.325 e. The molecule has 176 valence electrons. The van der Waals surface area contributed by atoms with Crippen LogP contribution in [0.4, 0.5) is 33.5 Å². The first kappa shape index (κ1) is 24.4. The highest BCUT2D eigenvalue weighted by atomic mass is 19.4. The highest BCUT2D eigenvalue weighted by Crippen LogP contribution is 2.57. The lowest BCUT2D eigenvalue weighted by molar-refractivity contribution is -0.168. The first-order chi connectivity index (χ1) is 16.8. The Morgan fingerprint density at radius 2 is 1.81 bits per heavy atom. The summed E-state index contributed by atoms with van der Waals surface area (Å²) in [5.41, 5.74) is -2.16. The van der Waals surface area contributed by atoms with E-state index in [4.69, 9.17) is 23.5 Å². The summed E-state index contributed by atoms with van der Waals surface area (Å²) >= 11 is 0. The van der Waals surface area contributed by atoms with Gasteiger partial charge in [0.15, 0.2) is 17.5 Å². The zero-order chi connectivity index (χ0) is 26.0. The Bertz CT molecular complexity index is 1520. The summed E-state index contributed by atoms with van der Waals surface area (Å²) in [6.45, 7) is 0.247. The number of rotatable bonds is 2. The quantitative estimate of drug-likeness (QED) is 0.316. The molecule has 13 heteroatoms.